The lowest BCUT2D eigenvalue weighted by atomic mass is 10.0. The first-order valence-corrected chi connectivity index (χ1v) is 31.7. The number of nitrogen functional groups attached to an aromatic ring is 2. The molecule has 5 aromatic rings. The van der Waals surface area contributed by atoms with Crippen molar-refractivity contribution in [3.63, 3.8) is 0 Å². The van der Waals surface area contributed by atoms with Crippen LogP contribution >= 0.6 is 38.1 Å². The van der Waals surface area contributed by atoms with Crippen LogP contribution in [-0.2, 0) is 72.0 Å². The van der Waals surface area contributed by atoms with Crippen LogP contribution in [-0.4, -0.2) is 156 Å². The third-order valence-corrected chi connectivity index (χ3v) is 16.5. The van der Waals surface area contributed by atoms with Gasteiger partial charge in [0.05, 0.1) is 25.9 Å². The van der Waals surface area contributed by atoms with Crippen molar-refractivity contribution in [3.05, 3.63) is 65.6 Å². The highest BCUT2D eigenvalue weighted by Gasteiger charge is 2.55. The number of hydrogen-bond donors (Lipinski definition) is 10. The molecule has 6 amide bonds. The van der Waals surface area contributed by atoms with Gasteiger partial charge in [0.15, 0.2) is 47.7 Å². The standard InChI is InChI=1S/C46H60FN19O16P2S2/c1-22(2)31(63-28(67)14-60-64-51)42(70)62-25(6-5-13-52-45(50)71)41(69)61-24-10-8-23(9-11-24)15-75-46(72)53-12-4-3-7-29(68)80-36-35-27(79-44(36)66-21-59-33-38(49)55-19-57-40(33)66)17-77-83(73,85)81-34-26(16-76-84(74,86)82-35)78-43(30(34)47)65-20-58-32-37(48)54-18-56-39(32)65/h8-11,18-22,25-27,30-31,34-36,43-44H,3-7,12-17H2,1-2H3,(H,53,72)(H,61,69)(H,62,70)(H,63,67)(H,73,85)(H,74,86)(H2,48,54,56)(H2,49,55,57)(H3,50,52,71)/t25-,26+,27+,30+,31-,34+,35+,36+,43+,44+,83+,84+/m0/s1. The number of alkyl carbamates (subject to hydrolysis) is 1. The second kappa shape index (κ2) is 28.8. The lowest BCUT2D eigenvalue weighted by Gasteiger charge is -2.29. The van der Waals surface area contributed by atoms with E-state index in [1.807, 2.05) is 0 Å². The van der Waals surface area contributed by atoms with Gasteiger partial charge >= 0.3 is 31.7 Å². The van der Waals surface area contributed by atoms with E-state index in [-0.39, 0.29) is 85.8 Å². The molecule has 3 fully saturated rings. The van der Waals surface area contributed by atoms with Crippen LogP contribution in [0.4, 0.5) is 31.3 Å². The van der Waals surface area contributed by atoms with Gasteiger partial charge in [-0.05, 0) is 54.8 Å². The van der Waals surface area contributed by atoms with Gasteiger partial charge in [0, 0.05) is 30.1 Å². The Morgan fingerprint density at radius 1 is 0.814 bits per heavy atom. The van der Waals surface area contributed by atoms with E-state index in [0.717, 1.165) is 12.7 Å². The Bertz CT molecular complexity index is 3440. The maximum atomic E-state index is 16.4. The number of carbonyl (C=O) groups excluding carboxylic acids is 6. The third-order valence-electron chi connectivity index (χ3n) is 13.3. The first-order valence-electron chi connectivity index (χ1n) is 26.3. The number of esters is 1. The molecule has 35 nitrogen and oxygen atoms in total. The molecule has 3 saturated heterocycles. The van der Waals surface area contributed by atoms with Crippen molar-refractivity contribution in [3.8, 4) is 0 Å². The van der Waals surface area contributed by atoms with Crippen LogP contribution in [0.3, 0.4) is 0 Å². The molecule has 3 aliphatic rings. The van der Waals surface area contributed by atoms with E-state index in [1.54, 1.807) is 26.0 Å². The fraction of sp³-hybridized carbons (Fsp3) is 0.522. The summed E-state index contributed by atoms with van der Waals surface area (Å²) in [5.41, 5.74) is 27.1. The fourth-order valence-corrected chi connectivity index (χ4v) is 12.1. The molecular formula is C46H60FN19O16P2S2. The first-order chi connectivity index (χ1) is 41.0. The minimum absolute atomic E-state index is 0.00179. The maximum absolute atomic E-state index is 16.4. The molecule has 40 heteroatoms. The number of imidazole rings is 2. The van der Waals surface area contributed by atoms with Crippen LogP contribution in [0.1, 0.15) is 64.0 Å². The molecule has 0 spiro atoms. The first kappa shape index (κ1) is 64.5. The molecule has 0 aliphatic carbocycles. The minimum atomic E-state index is -4.59. The molecule has 0 radical (unpaired) electrons. The largest absolute Gasteiger partial charge is 0.455 e. The summed E-state index contributed by atoms with van der Waals surface area (Å²) in [4.78, 5) is 104. The zero-order valence-electron chi connectivity index (χ0n) is 45.6. The summed E-state index contributed by atoms with van der Waals surface area (Å²) >= 11 is 8.34. The number of carbonyl (C=O) groups is 6. The monoisotopic (exact) mass is 1280 g/mol. The van der Waals surface area contributed by atoms with Crippen molar-refractivity contribution >= 4 is 114 Å². The van der Waals surface area contributed by atoms with Crippen LogP contribution in [0.5, 0.6) is 0 Å². The molecule has 4 aromatic heterocycles. The fourth-order valence-electron chi connectivity index (χ4n) is 9.12. The lowest BCUT2D eigenvalue weighted by Crippen LogP contribution is -2.55. The normalized spacial score (nSPS) is 25.5. The van der Waals surface area contributed by atoms with Crippen molar-refractivity contribution in [1.82, 2.24) is 60.3 Å². The highest BCUT2D eigenvalue weighted by Crippen LogP contribution is 2.60. The Morgan fingerprint density at radius 2 is 1.41 bits per heavy atom. The maximum Gasteiger partial charge on any atom is 0.407 e. The van der Waals surface area contributed by atoms with Gasteiger partial charge in [-0.3, -0.25) is 46.4 Å². The zero-order chi connectivity index (χ0) is 61.9. The van der Waals surface area contributed by atoms with Gasteiger partial charge in [0.2, 0.25) is 17.7 Å². The Hall–Kier alpha value is -7.50. The van der Waals surface area contributed by atoms with Gasteiger partial charge in [-0.1, -0.05) is 55.6 Å². The van der Waals surface area contributed by atoms with Gasteiger partial charge < -0.3 is 62.7 Å². The number of nitrogens with one attached hydrogen (secondary N) is 5. The molecular weight excluding hydrogens is 1220 g/mol. The van der Waals surface area contributed by atoms with Crippen LogP contribution in [0.25, 0.3) is 32.8 Å². The summed E-state index contributed by atoms with van der Waals surface area (Å²) in [6.45, 7) is -7.81. The predicted octanol–water partition coefficient (Wildman–Crippen LogP) is 3.19. The number of nitrogens with two attached hydrogens (primary N) is 3. The van der Waals surface area contributed by atoms with Crippen LogP contribution in [0, 0.1) is 5.92 Å². The smallest absolute Gasteiger partial charge is 0.407 e. The number of ether oxygens (including phenoxy) is 4. The molecule has 86 heavy (non-hydrogen) atoms. The summed E-state index contributed by atoms with van der Waals surface area (Å²) in [5.74, 6) is -3.23. The van der Waals surface area contributed by atoms with Gasteiger partial charge in [-0.25, -0.2) is 53.0 Å². The van der Waals surface area contributed by atoms with E-state index in [0.29, 0.717) is 11.3 Å². The highest BCUT2D eigenvalue weighted by atomic mass is 32.7. The molecule has 0 saturated carbocycles. The Balaban J connectivity index is 0.851. The van der Waals surface area contributed by atoms with Crippen molar-refractivity contribution in [1.29, 1.82) is 0 Å². The number of nitrogens with zero attached hydrogens (tertiary/aromatic N) is 11. The molecule has 3 aliphatic heterocycles. The number of thiol groups is 2. The number of hydrogen-bond acceptors (Lipinski definition) is 25. The van der Waals surface area contributed by atoms with E-state index in [2.05, 4.69) is 91.0 Å². The summed E-state index contributed by atoms with van der Waals surface area (Å²) in [5, 5.41) is 16.1. The van der Waals surface area contributed by atoms with Crippen molar-refractivity contribution < 1.29 is 79.3 Å². The van der Waals surface area contributed by atoms with E-state index < -0.39 is 136 Å². The van der Waals surface area contributed by atoms with E-state index in [9.17, 15) is 37.9 Å². The average molecular weight is 1280 g/mol. The number of primary amides is 1. The van der Waals surface area contributed by atoms with Crippen molar-refractivity contribution in [2.24, 2.45) is 16.8 Å². The molecule has 1 aromatic carbocycles. The van der Waals surface area contributed by atoms with E-state index >= 15 is 4.39 Å². The second-order valence-corrected chi connectivity index (χ2v) is 25.4. The van der Waals surface area contributed by atoms with Gasteiger partial charge in [0.1, 0.15) is 73.3 Å². The Labute approximate surface area is 497 Å². The number of anilines is 3. The summed E-state index contributed by atoms with van der Waals surface area (Å²) in [6.07, 6.45) is -8.24. The number of azide groups is 1. The van der Waals surface area contributed by atoms with Crippen LogP contribution < -0.4 is 43.8 Å². The predicted molar refractivity (Wildman–Crippen MR) is 304 cm³/mol. The van der Waals surface area contributed by atoms with Gasteiger partial charge in [-0.2, -0.15) is 0 Å². The third kappa shape index (κ3) is 16.5. The number of urea groups is 1. The number of benzene rings is 1. The number of aromatic nitrogens is 8. The van der Waals surface area contributed by atoms with Gasteiger partial charge in [-0.15, -0.1) is 0 Å². The molecule has 7 heterocycles. The molecule has 8 rings (SSSR count). The summed E-state index contributed by atoms with van der Waals surface area (Å²) < 4.78 is 93.7. The van der Waals surface area contributed by atoms with E-state index in [4.69, 9.17) is 59.8 Å². The van der Waals surface area contributed by atoms with Gasteiger partial charge in [0.25, 0.3) is 0 Å². The minimum Gasteiger partial charge on any atom is -0.455 e. The topological polar surface area (TPSA) is 485 Å². The number of unbranched alkanes of at least 4 members (excludes halogenated alkanes) is 1. The van der Waals surface area contributed by atoms with E-state index in [1.165, 1.54) is 33.9 Å². The molecule has 0 unspecified atom stereocenters. The number of rotatable bonds is 22. The zero-order valence-corrected chi connectivity index (χ0v) is 49.2. The summed E-state index contributed by atoms with van der Waals surface area (Å²) in [6, 6.07) is 3.25. The number of amides is 6. The lowest BCUT2D eigenvalue weighted by molar-refractivity contribution is -0.158. The molecule has 0 bridgehead atoms. The molecule has 464 valence electrons. The quantitative estimate of drug-likeness (QED) is 0.00904. The number of alkyl halides is 1. The van der Waals surface area contributed by atoms with Crippen molar-refractivity contribution in [2.45, 2.75) is 114 Å². The van der Waals surface area contributed by atoms with Crippen LogP contribution in [0.15, 0.2) is 54.7 Å². The highest BCUT2D eigenvalue weighted by molar-refractivity contribution is 8.44. The average Bonchev–Trinajstić information content (AvgIpc) is 2.75. The van der Waals surface area contributed by atoms with Crippen LogP contribution in [0.2, 0.25) is 0 Å². The molecule has 11 N–H and O–H groups in total. The summed E-state index contributed by atoms with van der Waals surface area (Å²) in [7, 11) is 0. The Kier molecular flexibility index (Phi) is 21.6. The Morgan fingerprint density at radius 3 is 2.02 bits per heavy atom. The SMILES string of the molecule is CC(C)[C@H](NC(=O)CN=[N+]=[N-])C(=O)N[C@@H](CCCNC(N)=O)C(=O)Nc1ccc(COC(=O)NCCCCC(=O)O[C@@H]2[C@@H]3O[P@](=O)(S)OC[C@H]4O[C@@H](n5cnc6c(N)ncnc65)[C@H](F)[C@@H]4O[P@](=O)(S)OC[C@H]3O[C@H]2n2cnc3c(N)ncnc32)cc1. The van der Waals surface area contributed by atoms with Crippen molar-refractivity contribution in [2.75, 3.05) is 49.6 Å². The second-order valence-electron chi connectivity index (χ2n) is 19.7. The number of fused-ring (bicyclic) bond motifs is 4. The molecule has 12 atom stereocenters. The number of halogens is 1.